The van der Waals surface area contributed by atoms with Crippen LogP contribution in [0.25, 0.3) is 17.2 Å². The molecule has 1 aromatic carbocycles. The number of carbonyl (C=O) groups excluding carboxylic acids is 1. The van der Waals surface area contributed by atoms with E-state index < -0.39 is 5.97 Å². The number of carbonyl (C=O) groups is 1. The summed E-state index contributed by atoms with van der Waals surface area (Å²) in [5.74, 6) is -0.0636. The lowest BCUT2D eigenvalue weighted by molar-refractivity contribution is 0.0519. The molecule has 2 aromatic heterocycles. The molecule has 0 aliphatic carbocycles. The highest BCUT2D eigenvalue weighted by molar-refractivity contribution is 5.89. The summed E-state index contributed by atoms with van der Waals surface area (Å²) < 4.78 is 6.56. The molecular formula is C16H14N4O2. The smallest absolute Gasteiger partial charge is 0.358 e. The highest BCUT2D eigenvalue weighted by atomic mass is 16.5. The van der Waals surface area contributed by atoms with Gasteiger partial charge in [-0.25, -0.2) is 14.8 Å². The Balaban J connectivity index is 2.12. The summed E-state index contributed by atoms with van der Waals surface area (Å²) in [5, 5.41) is 4.29. The zero-order chi connectivity index (χ0) is 15.4. The molecule has 0 N–H and O–H groups in total. The van der Waals surface area contributed by atoms with E-state index in [0.717, 1.165) is 11.3 Å². The van der Waals surface area contributed by atoms with Gasteiger partial charge in [0.05, 0.1) is 12.3 Å². The first kappa shape index (κ1) is 13.9. The predicted molar refractivity (Wildman–Crippen MR) is 80.5 cm³/mol. The Morgan fingerprint density at radius 2 is 1.86 bits per heavy atom. The van der Waals surface area contributed by atoms with Crippen LogP contribution in [0.1, 0.15) is 17.4 Å². The number of ether oxygens (including phenoxy) is 1. The Bertz CT molecular complexity index is 712. The minimum atomic E-state index is -0.464. The van der Waals surface area contributed by atoms with Crippen LogP contribution in [0.15, 0.2) is 54.9 Å². The summed E-state index contributed by atoms with van der Waals surface area (Å²) in [7, 11) is 0. The van der Waals surface area contributed by atoms with Gasteiger partial charge >= 0.3 is 5.97 Å². The fraction of sp³-hybridized carbons (Fsp3) is 0.125. The quantitative estimate of drug-likeness (QED) is 0.691. The van der Waals surface area contributed by atoms with Crippen molar-refractivity contribution >= 4 is 5.97 Å². The molecule has 6 heteroatoms. The molecule has 6 nitrogen and oxygen atoms in total. The highest BCUT2D eigenvalue weighted by Gasteiger charge is 2.18. The first-order valence-corrected chi connectivity index (χ1v) is 6.89. The third-order valence-electron chi connectivity index (χ3n) is 3.01. The van der Waals surface area contributed by atoms with Gasteiger partial charge in [-0.3, -0.25) is 0 Å². The lowest BCUT2D eigenvalue weighted by Gasteiger charge is -2.04. The van der Waals surface area contributed by atoms with Gasteiger partial charge in [-0.2, -0.15) is 9.78 Å². The highest BCUT2D eigenvalue weighted by Crippen LogP contribution is 2.22. The van der Waals surface area contributed by atoms with Crippen LogP contribution in [0.3, 0.4) is 0 Å². The average molecular weight is 294 g/mol. The topological polar surface area (TPSA) is 69.9 Å². The molecule has 0 saturated carbocycles. The van der Waals surface area contributed by atoms with Crippen LogP contribution in [-0.2, 0) is 4.74 Å². The first-order valence-electron chi connectivity index (χ1n) is 6.89. The minimum Gasteiger partial charge on any atom is -0.461 e. The number of nitrogens with zero attached hydrogens (tertiary/aromatic N) is 4. The fourth-order valence-corrected chi connectivity index (χ4v) is 2.05. The second kappa shape index (κ2) is 6.17. The third-order valence-corrected chi connectivity index (χ3v) is 3.01. The van der Waals surface area contributed by atoms with Crippen LogP contribution in [0.5, 0.6) is 0 Å². The molecule has 22 heavy (non-hydrogen) atoms. The maximum absolute atomic E-state index is 11.9. The molecule has 0 aliphatic rings. The van der Waals surface area contributed by atoms with Gasteiger partial charge in [0.1, 0.15) is 0 Å². The molecule has 0 saturated heterocycles. The third kappa shape index (κ3) is 2.71. The molecule has 0 radical (unpaired) electrons. The van der Waals surface area contributed by atoms with Crippen LogP contribution in [-0.4, -0.2) is 32.3 Å². The molecule has 110 valence electrons. The van der Waals surface area contributed by atoms with E-state index in [1.165, 1.54) is 0 Å². The Kier molecular flexibility index (Phi) is 3.91. The van der Waals surface area contributed by atoms with E-state index in [4.69, 9.17) is 4.74 Å². The summed E-state index contributed by atoms with van der Waals surface area (Å²) in [6.45, 7) is 2.06. The van der Waals surface area contributed by atoms with E-state index in [0.29, 0.717) is 12.6 Å². The van der Waals surface area contributed by atoms with Crippen molar-refractivity contribution < 1.29 is 9.53 Å². The van der Waals surface area contributed by atoms with Crippen molar-refractivity contribution in [2.45, 2.75) is 6.92 Å². The Hall–Kier alpha value is -3.02. The Morgan fingerprint density at radius 3 is 2.55 bits per heavy atom. The van der Waals surface area contributed by atoms with Gasteiger partial charge in [-0.15, -0.1) is 0 Å². The first-order chi connectivity index (χ1) is 10.8. The van der Waals surface area contributed by atoms with Crippen LogP contribution in [0.2, 0.25) is 0 Å². The van der Waals surface area contributed by atoms with Crippen molar-refractivity contribution in [3.8, 4) is 17.2 Å². The van der Waals surface area contributed by atoms with E-state index in [-0.39, 0.29) is 5.69 Å². The van der Waals surface area contributed by atoms with Gasteiger partial charge in [0.2, 0.25) is 0 Å². The summed E-state index contributed by atoms with van der Waals surface area (Å²) in [6, 6.07) is 13.0. The van der Waals surface area contributed by atoms with E-state index in [1.807, 2.05) is 30.3 Å². The van der Waals surface area contributed by atoms with Crippen LogP contribution in [0, 0.1) is 0 Å². The summed E-state index contributed by atoms with van der Waals surface area (Å²) >= 11 is 0. The molecule has 0 amide bonds. The zero-order valence-corrected chi connectivity index (χ0v) is 12.0. The second-order valence-corrected chi connectivity index (χ2v) is 4.46. The minimum absolute atomic E-state index is 0.230. The van der Waals surface area contributed by atoms with Gasteiger partial charge < -0.3 is 4.74 Å². The fourth-order valence-electron chi connectivity index (χ4n) is 2.05. The molecule has 0 aliphatic heterocycles. The molecular weight excluding hydrogens is 280 g/mol. The average Bonchev–Trinajstić information content (AvgIpc) is 3.02. The molecule has 3 rings (SSSR count). The maximum atomic E-state index is 11.9. The van der Waals surface area contributed by atoms with E-state index in [9.17, 15) is 4.79 Å². The number of benzene rings is 1. The van der Waals surface area contributed by atoms with Crippen molar-refractivity contribution in [2.24, 2.45) is 0 Å². The number of hydrogen-bond donors (Lipinski definition) is 0. The standard InChI is InChI=1S/C16H14N4O2/c1-2-22-15(21)13-11-14(12-7-4-3-5-8-12)20(19-13)16-17-9-6-10-18-16/h3-11H,2H2,1H3. The lowest BCUT2D eigenvalue weighted by atomic mass is 10.1. The summed E-state index contributed by atoms with van der Waals surface area (Å²) in [4.78, 5) is 20.3. The van der Waals surface area contributed by atoms with Gasteiger partial charge in [0, 0.05) is 18.0 Å². The van der Waals surface area contributed by atoms with Gasteiger partial charge in [-0.05, 0) is 19.1 Å². The number of rotatable bonds is 4. The lowest BCUT2D eigenvalue weighted by Crippen LogP contribution is -2.08. The zero-order valence-electron chi connectivity index (χ0n) is 12.0. The molecule has 0 spiro atoms. The van der Waals surface area contributed by atoms with Crippen molar-refractivity contribution in [1.29, 1.82) is 0 Å². The number of hydrogen-bond acceptors (Lipinski definition) is 5. The predicted octanol–water partition coefficient (Wildman–Crippen LogP) is 2.51. The van der Waals surface area contributed by atoms with Gasteiger partial charge in [0.15, 0.2) is 5.69 Å². The second-order valence-electron chi connectivity index (χ2n) is 4.46. The molecule has 0 atom stereocenters. The van der Waals surface area contributed by atoms with Crippen molar-refractivity contribution in [2.75, 3.05) is 6.61 Å². The van der Waals surface area contributed by atoms with Crippen molar-refractivity contribution in [3.63, 3.8) is 0 Å². The van der Waals surface area contributed by atoms with E-state index in [2.05, 4.69) is 15.1 Å². The molecule has 3 aromatic rings. The normalized spacial score (nSPS) is 10.4. The maximum Gasteiger partial charge on any atom is 0.358 e. The van der Waals surface area contributed by atoms with E-state index in [1.54, 1.807) is 36.1 Å². The summed E-state index contributed by atoms with van der Waals surface area (Å²) in [6.07, 6.45) is 3.26. The Labute approximate surface area is 127 Å². The SMILES string of the molecule is CCOC(=O)c1cc(-c2ccccc2)n(-c2ncccn2)n1. The summed E-state index contributed by atoms with van der Waals surface area (Å²) in [5.41, 5.74) is 1.88. The molecule has 0 unspecified atom stereocenters. The van der Waals surface area contributed by atoms with Gasteiger partial charge in [-0.1, -0.05) is 30.3 Å². The Morgan fingerprint density at radius 1 is 1.14 bits per heavy atom. The van der Waals surface area contributed by atoms with Crippen LogP contribution < -0.4 is 0 Å². The largest absolute Gasteiger partial charge is 0.461 e. The number of aromatic nitrogens is 4. The van der Waals surface area contributed by atoms with E-state index >= 15 is 0 Å². The van der Waals surface area contributed by atoms with Crippen molar-refractivity contribution in [1.82, 2.24) is 19.7 Å². The van der Waals surface area contributed by atoms with Crippen molar-refractivity contribution in [3.05, 3.63) is 60.6 Å². The molecule has 2 heterocycles. The number of esters is 1. The van der Waals surface area contributed by atoms with Gasteiger partial charge in [0.25, 0.3) is 5.95 Å². The van der Waals surface area contributed by atoms with Crippen LogP contribution in [0.4, 0.5) is 0 Å². The molecule has 0 bridgehead atoms. The van der Waals surface area contributed by atoms with Crippen LogP contribution >= 0.6 is 0 Å². The monoisotopic (exact) mass is 294 g/mol. The molecule has 0 fully saturated rings.